The van der Waals surface area contributed by atoms with Gasteiger partial charge < -0.3 is 29.7 Å². The van der Waals surface area contributed by atoms with Crippen LogP contribution in [0.25, 0.3) is 0 Å². The van der Waals surface area contributed by atoms with Gasteiger partial charge in [0.1, 0.15) is 0 Å². The molecular formula is C22H35N3O4. The Morgan fingerprint density at radius 1 is 1.17 bits per heavy atom. The van der Waals surface area contributed by atoms with Crippen molar-refractivity contribution in [3.63, 3.8) is 0 Å². The number of fused-ring (bicyclic) bond motifs is 1. The summed E-state index contributed by atoms with van der Waals surface area (Å²) in [5.74, 6) is 2.30. The van der Waals surface area contributed by atoms with Crippen LogP contribution in [0.5, 0.6) is 11.5 Å². The molecule has 7 heteroatoms. The molecule has 0 bridgehead atoms. The van der Waals surface area contributed by atoms with Gasteiger partial charge in [0, 0.05) is 31.8 Å². The van der Waals surface area contributed by atoms with E-state index in [1.54, 1.807) is 26.4 Å². The predicted octanol–water partition coefficient (Wildman–Crippen LogP) is 1.85. The maximum Gasteiger partial charge on any atom is 0.254 e. The van der Waals surface area contributed by atoms with Crippen LogP contribution in [0, 0.1) is 11.8 Å². The molecule has 1 aromatic carbocycles. The van der Waals surface area contributed by atoms with Crippen LogP contribution >= 0.6 is 0 Å². The lowest BCUT2D eigenvalue weighted by atomic mass is 9.77. The second kappa shape index (κ2) is 9.78. The number of likely N-dealkylation sites (N-methyl/N-ethyl adjacent to an activating group) is 1. The lowest BCUT2D eigenvalue weighted by molar-refractivity contribution is -0.0209. The van der Waals surface area contributed by atoms with Gasteiger partial charge in [0.2, 0.25) is 0 Å². The lowest BCUT2D eigenvalue weighted by Gasteiger charge is -2.40. The molecule has 2 N–H and O–H groups in total. The number of ether oxygens (including phenoxy) is 3. The number of nitrogens with two attached hydrogens (primary N) is 1. The number of carbonyl (C=O) groups is 1. The topological polar surface area (TPSA) is 77.3 Å². The summed E-state index contributed by atoms with van der Waals surface area (Å²) in [6.07, 6.45) is 3.05. The van der Waals surface area contributed by atoms with E-state index in [-0.39, 0.29) is 12.0 Å². The first-order chi connectivity index (χ1) is 14.0. The van der Waals surface area contributed by atoms with E-state index in [4.69, 9.17) is 19.9 Å². The van der Waals surface area contributed by atoms with Crippen LogP contribution in [-0.4, -0.2) is 82.4 Å². The van der Waals surface area contributed by atoms with E-state index in [0.29, 0.717) is 48.1 Å². The van der Waals surface area contributed by atoms with E-state index < -0.39 is 0 Å². The summed E-state index contributed by atoms with van der Waals surface area (Å²) in [6, 6.07) is 5.82. The summed E-state index contributed by atoms with van der Waals surface area (Å²) >= 11 is 0. The Labute approximate surface area is 174 Å². The van der Waals surface area contributed by atoms with Gasteiger partial charge in [-0.3, -0.25) is 4.79 Å². The minimum atomic E-state index is 0.0566. The molecule has 1 aromatic rings. The molecule has 0 radical (unpaired) electrons. The number of hydrogen-bond acceptors (Lipinski definition) is 6. The fraction of sp³-hybridized carbons (Fsp3) is 0.682. The number of rotatable bonds is 8. The molecule has 3 rings (SSSR count). The van der Waals surface area contributed by atoms with Crippen LogP contribution in [0.15, 0.2) is 18.2 Å². The third kappa shape index (κ3) is 4.85. The van der Waals surface area contributed by atoms with Gasteiger partial charge in [0.05, 0.1) is 19.8 Å². The molecule has 29 heavy (non-hydrogen) atoms. The third-order valence-electron chi connectivity index (χ3n) is 6.35. The Kier molecular flexibility index (Phi) is 7.38. The molecule has 1 saturated heterocycles. The smallest absolute Gasteiger partial charge is 0.254 e. The summed E-state index contributed by atoms with van der Waals surface area (Å²) in [5.41, 5.74) is 6.18. The molecule has 1 amide bonds. The van der Waals surface area contributed by atoms with Crippen LogP contribution < -0.4 is 15.2 Å². The zero-order valence-electron chi connectivity index (χ0n) is 18.1. The van der Waals surface area contributed by atoms with Crippen molar-refractivity contribution in [2.45, 2.75) is 31.4 Å². The monoisotopic (exact) mass is 405 g/mol. The molecule has 2 fully saturated rings. The number of carbonyl (C=O) groups excluding carboxylic acids is 1. The van der Waals surface area contributed by atoms with Gasteiger partial charge in [-0.15, -0.1) is 0 Å². The van der Waals surface area contributed by atoms with Gasteiger partial charge in [-0.25, -0.2) is 0 Å². The molecule has 2 aliphatic rings. The molecule has 1 aliphatic heterocycles. The third-order valence-corrected chi connectivity index (χ3v) is 6.35. The van der Waals surface area contributed by atoms with Crippen molar-refractivity contribution in [2.75, 3.05) is 54.6 Å². The zero-order valence-corrected chi connectivity index (χ0v) is 18.1. The Bertz CT molecular complexity index is 697. The summed E-state index contributed by atoms with van der Waals surface area (Å²) < 4.78 is 16.9. The first kappa shape index (κ1) is 21.9. The molecular weight excluding hydrogens is 370 g/mol. The number of benzene rings is 1. The van der Waals surface area contributed by atoms with Gasteiger partial charge in [0.15, 0.2) is 11.5 Å². The fourth-order valence-electron chi connectivity index (χ4n) is 4.72. The number of hydrogen-bond donors (Lipinski definition) is 1. The molecule has 0 aromatic heterocycles. The highest BCUT2D eigenvalue weighted by Crippen LogP contribution is 2.39. The first-order valence-electron chi connectivity index (χ1n) is 10.5. The van der Waals surface area contributed by atoms with E-state index in [1.165, 1.54) is 0 Å². The van der Waals surface area contributed by atoms with Crippen LogP contribution in [0.2, 0.25) is 0 Å². The molecule has 4 atom stereocenters. The average Bonchev–Trinajstić information content (AvgIpc) is 3.15. The highest BCUT2D eigenvalue weighted by atomic mass is 16.5. The SMILES string of the molecule is COc1ccc(C(=O)N2C[C@H]3C[C@@H](N(C)C)[C@H](OC)C[C@H]3C2)cc1OCCCN. The predicted molar refractivity (Wildman–Crippen MR) is 113 cm³/mol. The van der Waals surface area contributed by atoms with Crippen LogP contribution in [-0.2, 0) is 4.74 Å². The lowest BCUT2D eigenvalue weighted by Crippen LogP contribution is -2.47. The fourth-order valence-corrected chi connectivity index (χ4v) is 4.72. The molecule has 1 heterocycles. The summed E-state index contributed by atoms with van der Waals surface area (Å²) in [7, 11) is 7.62. The quantitative estimate of drug-likeness (QED) is 0.665. The highest BCUT2D eigenvalue weighted by Gasteiger charge is 2.44. The van der Waals surface area contributed by atoms with Gasteiger partial charge in [0.25, 0.3) is 5.91 Å². The normalized spacial score (nSPS) is 26.5. The Hall–Kier alpha value is -1.83. The number of amides is 1. The highest BCUT2D eigenvalue weighted by molar-refractivity contribution is 5.95. The van der Waals surface area contributed by atoms with Crippen LogP contribution in [0.3, 0.4) is 0 Å². The number of likely N-dealkylation sites (tertiary alicyclic amines) is 1. The molecule has 1 aliphatic carbocycles. The van der Waals surface area contributed by atoms with Gasteiger partial charge in [-0.2, -0.15) is 0 Å². The van der Waals surface area contributed by atoms with Crippen molar-refractivity contribution in [3.05, 3.63) is 23.8 Å². The van der Waals surface area contributed by atoms with Crippen molar-refractivity contribution in [3.8, 4) is 11.5 Å². The Morgan fingerprint density at radius 3 is 2.52 bits per heavy atom. The average molecular weight is 406 g/mol. The second-order valence-electron chi connectivity index (χ2n) is 8.36. The van der Waals surface area contributed by atoms with Crippen molar-refractivity contribution in [1.82, 2.24) is 9.80 Å². The molecule has 0 unspecified atom stereocenters. The maximum atomic E-state index is 13.2. The van der Waals surface area contributed by atoms with E-state index in [2.05, 4.69) is 19.0 Å². The van der Waals surface area contributed by atoms with Crippen LogP contribution in [0.4, 0.5) is 0 Å². The van der Waals surface area contributed by atoms with Gasteiger partial charge >= 0.3 is 0 Å². The molecule has 0 spiro atoms. The number of methoxy groups -OCH3 is 2. The number of nitrogens with zero attached hydrogens (tertiary/aromatic N) is 2. The minimum Gasteiger partial charge on any atom is -0.493 e. The zero-order chi connectivity index (χ0) is 21.0. The maximum absolute atomic E-state index is 13.2. The van der Waals surface area contributed by atoms with Crippen LogP contribution in [0.1, 0.15) is 29.6 Å². The first-order valence-corrected chi connectivity index (χ1v) is 10.5. The molecule has 7 nitrogen and oxygen atoms in total. The summed E-state index contributed by atoms with van der Waals surface area (Å²) in [6.45, 7) is 2.66. The molecule has 1 saturated carbocycles. The van der Waals surface area contributed by atoms with Crippen molar-refractivity contribution >= 4 is 5.91 Å². The summed E-state index contributed by atoms with van der Waals surface area (Å²) in [5, 5.41) is 0. The Morgan fingerprint density at radius 2 is 1.90 bits per heavy atom. The van der Waals surface area contributed by atoms with Crippen molar-refractivity contribution in [2.24, 2.45) is 17.6 Å². The van der Waals surface area contributed by atoms with Crippen molar-refractivity contribution in [1.29, 1.82) is 0 Å². The minimum absolute atomic E-state index is 0.0566. The Balaban J connectivity index is 1.70. The van der Waals surface area contributed by atoms with E-state index in [1.807, 2.05) is 11.0 Å². The van der Waals surface area contributed by atoms with E-state index in [0.717, 1.165) is 32.4 Å². The van der Waals surface area contributed by atoms with E-state index >= 15 is 0 Å². The summed E-state index contributed by atoms with van der Waals surface area (Å²) in [4.78, 5) is 17.5. The van der Waals surface area contributed by atoms with Gasteiger partial charge in [-0.05, 0) is 69.9 Å². The molecule has 162 valence electrons. The largest absolute Gasteiger partial charge is 0.493 e. The van der Waals surface area contributed by atoms with Gasteiger partial charge in [-0.1, -0.05) is 0 Å². The van der Waals surface area contributed by atoms with Crippen molar-refractivity contribution < 1.29 is 19.0 Å². The second-order valence-corrected chi connectivity index (χ2v) is 8.36. The van der Waals surface area contributed by atoms with E-state index in [9.17, 15) is 4.79 Å². The standard InChI is InChI=1S/C22H35N3O4/c1-24(2)18-10-16-13-25(14-17(16)12-20(18)28-4)22(26)15-6-7-19(27-3)21(11-15)29-9-5-8-23/h6-7,11,16-18,20H,5,8-10,12-14,23H2,1-4H3/t16-,17+,18-,20-/m1/s1.